The number of furan rings is 1. The Kier molecular flexibility index (Phi) is 1.96. The molecule has 1 aromatic rings. The number of hydrogen-bond donors (Lipinski definition) is 0. The zero-order chi connectivity index (χ0) is 6.53. The van der Waals surface area contributed by atoms with Gasteiger partial charge in [-0.1, -0.05) is 12.7 Å². The van der Waals surface area contributed by atoms with Crippen molar-refractivity contribution in [2.45, 2.75) is 0 Å². The van der Waals surface area contributed by atoms with E-state index in [1.54, 1.807) is 24.5 Å². The predicted octanol–water partition coefficient (Wildman–Crippen LogP) is 1.84. The highest BCUT2D eigenvalue weighted by atomic mass is 16.6. The van der Waals surface area contributed by atoms with E-state index in [9.17, 15) is 0 Å². The summed E-state index contributed by atoms with van der Waals surface area (Å²) in [5.74, 6) is 0.537. The molecule has 0 saturated carbocycles. The van der Waals surface area contributed by atoms with E-state index in [1.807, 2.05) is 0 Å². The maximum atomic E-state index is 5.01. The fraction of sp³-hybridized carbons (Fsp3) is 0.143. The van der Waals surface area contributed by atoms with Crippen molar-refractivity contribution in [1.82, 2.24) is 0 Å². The first-order valence-corrected chi connectivity index (χ1v) is 2.70. The molecule has 1 heterocycles. The second-order valence-electron chi connectivity index (χ2n) is 1.53. The molecule has 0 bridgehead atoms. The van der Waals surface area contributed by atoms with Crippen molar-refractivity contribution in [3.63, 3.8) is 0 Å². The zero-order valence-corrected chi connectivity index (χ0v) is 5.04. The van der Waals surface area contributed by atoms with E-state index < -0.39 is 0 Å². The average Bonchev–Trinajstić information content (AvgIpc) is 2.34. The van der Waals surface area contributed by atoms with Gasteiger partial charge in [0, 0.05) is 6.07 Å². The van der Waals surface area contributed by atoms with Gasteiger partial charge in [-0.15, -0.1) is 0 Å². The number of ether oxygens (including phenoxy) is 1. The maximum Gasteiger partial charge on any atom is 0.284 e. The molecule has 0 aromatic carbocycles. The van der Waals surface area contributed by atoms with Crippen LogP contribution in [0.5, 0.6) is 5.95 Å². The van der Waals surface area contributed by atoms with Gasteiger partial charge in [0.2, 0.25) is 0 Å². The first-order valence-electron chi connectivity index (χ1n) is 2.70. The van der Waals surface area contributed by atoms with Crippen molar-refractivity contribution in [3.05, 3.63) is 31.1 Å². The van der Waals surface area contributed by atoms with E-state index in [1.165, 1.54) is 0 Å². The molecule has 0 unspecified atom stereocenters. The molecule has 0 spiro atoms. The third-order valence-corrected chi connectivity index (χ3v) is 0.839. The molecule has 0 amide bonds. The highest BCUT2D eigenvalue weighted by Gasteiger charge is 1.89. The van der Waals surface area contributed by atoms with E-state index in [4.69, 9.17) is 9.15 Å². The minimum Gasteiger partial charge on any atom is -0.461 e. The van der Waals surface area contributed by atoms with E-state index in [0.717, 1.165) is 0 Å². The smallest absolute Gasteiger partial charge is 0.284 e. The van der Waals surface area contributed by atoms with Crippen molar-refractivity contribution in [2.24, 2.45) is 0 Å². The van der Waals surface area contributed by atoms with Gasteiger partial charge in [-0.3, -0.25) is 0 Å². The van der Waals surface area contributed by atoms with Crippen LogP contribution in [0.4, 0.5) is 0 Å². The number of rotatable bonds is 3. The molecule has 1 rings (SSSR count). The highest BCUT2D eigenvalue weighted by molar-refractivity contribution is 5.04. The Morgan fingerprint density at radius 2 is 2.67 bits per heavy atom. The molecule has 0 aliphatic carbocycles. The molecule has 2 heteroatoms. The van der Waals surface area contributed by atoms with Crippen molar-refractivity contribution in [1.29, 1.82) is 0 Å². The van der Waals surface area contributed by atoms with Crippen LogP contribution in [-0.4, -0.2) is 6.61 Å². The minimum atomic E-state index is 0.494. The third kappa shape index (κ3) is 1.64. The molecule has 0 atom stereocenters. The van der Waals surface area contributed by atoms with Gasteiger partial charge in [0.15, 0.2) is 0 Å². The van der Waals surface area contributed by atoms with Gasteiger partial charge in [-0.05, 0) is 6.07 Å². The molecule has 1 aromatic heterocycles. The van der Waals surface area contributed by atoms with Crippen molar-refractivity contribution < 1.29 is 9.15 Å². The van der Waals surface area contributed by atoms with Gasteiger partial charge in [0.05, 0.1) is 6.26 Å². The summed E-state index contributed by atoms with van der Waals surface area (Å²) < 4.78 is 9.88. The fourth-order valence-electron chi connectivity index (χ4n) is 0.487. The molecule has 0 aliphatic heterocycles. The summed E-state index contributed by atoms with van der Waals surface area (Å²) in [6, 6.07) is 3.53. The van der Waals surface area contributed by atoms with Crippen molar-refractivity contribution >= 4 is 0 Å². The Hall–Kier alpha value is -1.18. The standard InChI is InChI=1S/C7H8O2/c1-2-5-8-7-4-3-6-9-7/h2-4,6H,1,5H2. The monoisotopic (exact) mass is 124 g/mol. The molecule has 0 radical (unpaired) electrons. The van der Waals surface area contributed by atoms with Crippen molar-refractivity contribution in [3.8, 4) is 5.95 Å². The van der Waals surface area contributed by atoms with Gasteiger partial charge < -0.3 is 9.15 Å². The summed E-state index contributed by atoms with van der Waals surface area (Å²) >= 11 is 0. The van der Waals surface area contributed by atoms with E-state index in [-0.39, 0.29) is 0 Å². The lowest BCUT2D eigenvalue weighted by atomic mass is 10.6. The minimum absolute atomic E-state index is 0.494. The van der Waals surface area contributed by atoms with Crippen LogP contribution in [0, 0.1) is 0 Å². The topological polar surface area (TPSA) is 22.4 Å². The Morgan fingerprint density at radius 1 is 1.78 bits per heavy atom. The highest BCUT2D eigenvalue weighted by Crippen LogP contribution is 2.08. The van der Waals surface area contributed by atoms with E-state index in [0.29, 0.717) is 12.6 Å². The van der Waals surface area contributed by atoms with Gasteiger partial charge in [0.1, 0.15) is 6.61 Å². The molecule has 0 N–H and O–H groups in total. The van der Waals surface area contributed by atoms with Crippen LogP contribution < -0.4 is 4.74 Å². The molecular formula is C7H8O2. The lowest BCUT2D eigenvalue weighted by Gasteiger charge is -1.93. The lowest BCUT2D eigenvalue weighted by molar-refractivity contribution is 0.272. The Balaban J connectivity index is 2.38. The predicted molar refractivity (Wildman–Crippen MR) is 34.4 cm³/mol. The summed E-state index contributed by atoms with van der Waals surface area (Å²) in [5.41, 5.74) is 0. The molecule has 0 saturated heterocycles. The summed E-state index contributed by atoms with van der Waals surface area (Å²) in [7, 11) is 0. The fourth-order valence-corrected chi connectivity index (χ4v) is 0.487. The molecule has 2 nitrogen and oxygen atoms in total. The SMILES string of the molecule is C=CCOc1ccco1. The zero-order valence-electron chi connectivity index (χ0n) is 5.04. The summed E-state index contributed by atoms with van der Waals surface area (Å²) in [5, 5.41) is 0. The van der Waals surface area contributed by atoms with Crippen LogP contribution in [0.15, 0.2) is 35.5 Å². The van der Waals surface area contributed by atoms with Crippen LogP contribution in [0.1, 0.15) is 0 Å². The third-order valence-electron chi connectivity index (χ3n) is 0.839. The summed E-state index contributed by atoms with van der Waals surface area (Å²) in [4.78, 5) is 0. The molecule has 9 heavy (non-hydrogen) atoms. The maximum absolute atomic E-state index is 5.01. The van der Waals surface area contributed by atoms with Gasteiger partial charge in [-0.2, -0.15) is 0 Å². The van der Waals surface area contributed by atoms with Crippen LogP contribution in [-0.2, 0) is 0 Å². The first-order chi connectivity index (χ1) is 4.43. The average molecular weight is 124 g/mol. The van der Waals surface area contributed by atoms with E-state index >= 15 is 0 Å². The quantitative estimate of drug-likeness (QED) is 0.573. The number of hydrogen-bond acceptors (Lipinski definition) is 2. The lowest BCUT2D eigenvalue weighted by Crippen LogP contribution is -1.89. The molecular weight excluding hydrogens is 116 g/mol. The van der Waals surface area contributed by atoms with Crippen LogP contribution in [0.2, 0.25) is 0 Å². The first kappa shape index (κ1) is 5.95. The van der Waals surface area contributed by atoms with Crippen LogP contribution >= 0.6 is 0 Å². The Morgan fingerprint density at radius 3 is 3.22 bits per heavy atom. The summed E-state index contributed by atoms with van der Waals surface area (Å²) in [6.45, 7) is 3.99. The van der Waals surface area contributed by atoms with Crippen molar-refractivity contribution in [2.75, 3.05) is 6.61 Å². The van der Waals surface area contributed by atoms with E-state index in [2.05, 4.69) is 6.58 Å². The van der Waals surface area contributed by atoms with Crippen LogP contribution in [0.25, 0.3) is 0 Å². The van der Waals surface area contributed by atoms with Crippen LogP contribution in [0.3, 0.4) is 0 Å². The molecule has 0 aliphatic rings. The second kappa shape index (κ2) is 2.97. The normalized spacial score (nSPS) is 8.89. The van der Waals surface area contributed by atoms with Gasteiger partial charge in [-0.25, -0.2) is 0 Å². The van der Waals surface area contributed by atoms with Gasteiger partial charge >= 0.3 is 0 Å². The second-order valence-corrected chi connectivity index (χ2v) is 1.53. The van der Waals surface area contributed by atoms with Gasteiger partial charge in [0.25, 0.3) is 5.95 Å². The molecule has 48 valence electrons. The summed E-state index contributed by atoms with van der Waals surface area (Å²) in [6.07, 6.45) is 3.24. The Labute approximate surface area is 53.7 Å². The largest absolute Gasteiger partial charge is 0.461 e. The Bertz CT molecular complexity index is 165. The molecule has 0 fully saturated rings.